The molecule has 0 radical (unpaired) electrons. The molecule has 0 atom stereocenters. The van der Waals surface area contributed by atoms with Gasteiger partial charge in [-0.25, -0.2) is 4.98 Å². The molecule has 0 fully saturated rings. The van der Waals surface area contributed by atoms with Crippen LogP contribution in [-0.2, 0) is 11.2 Å². The van der Waals surface area contributed by atoms with E-state index in [0.717, 1.165) is 38.2 Å². The molecular weight excluding hydrogens is 292 g/mol. The summed E-state index contributed by atoms with van der Waals surface area (Å²) in [6.45, 7) is 7.23. The first-order valence-electron chi connectivity index (χ1n) is 7.95. The number of rotatable bonds is 9. The minimum atomic E-state index is 0.573. The summed E-state index contributed by atoms with van der Waals surface area (Å²) in [5, 5.41) is 6.78. The smallest absolute Gasteiger partial charge is 0.0945 e. The average molecular weight is 318 g/mol. The van der Waals surface area contributed by atoms with Gasteiger partial charge in [-0.2, -0.15) is 0 Å². The van der Waals surface area contributed by atoms with Gasteiger partial charge in [-0.05, 0) is 24.4 Å². The highest BCUT2D eigenvalue weighted by Gasteiger charge is 2.05. The lowest BCUT2D eigenvalue weighted by Gasteiger charge is -2.05. The summed E-state index contributed by atoms with van der Waals surface area (Å²) in [6, 6.07) is 8.76. The lowest BCUT2D eigenvalue weighted by Crippen LogP contribution is -2.19. The monoisotopic (exact) mass is 318 g/mol. The summed E-state index contributed by atoms with van der Waals surface area (Å²) >= 11 is 1.75. The third kappa shape index (κ3) is 5.20. The van der Waals surface area contributed by atoms with Crippen LogP contribution >= 0.6 is 11.3 Å². The number of ether oxygens (including phenoxy) is 1. The molecule has 0 saturated heterocycles. The molecule has 2 aromatic rings. The standard InChI is InChI=1S/C18H26N2OS/c1-14(2)15-5-7-16(8-6-15)17-13-22-18(20-17)9-11-19-10-4-12-21-3/h5-8,13-14,19H,4,9-12H2,1-3H3. The Kier molecular flexibility index (Phi) is 7.03. The number of hydrogen-bond acceptors (Lipinski definition) is 4. The molecule has 0 bridgehead atoms. The highest BCUT2D eigenvalue weighted by atomic mass is 32.1. The first-order valence-corrected chi connectivity index (χ1v) is 8.83. The first-order chi connectivity index (χ1) is 10.7. The molecule has 0 aliphatic heterocycles. The van der Waals surface area contributed by atoms with Crippen LogP contribution in [0, 0.1) is 0 Å². The van der Waals surface area contributed by atoms with Gasteiger partial charge in [0, 0.05) is 37.6 Å². The summed E-state index contributed by atoms with van der Waals surface area (Å²) < 4.78 is 5.03. The van der Waals surface area contributed by atoms with Crippen molar-refractivity contribution in [3.8, 4) is 11.3 Å². The van der Waals surface area contributed by atoms with Crippen molar-refractivity contribution in [2.24, 2.45) is 0 Å². The normalized spacial score (nSPS) is 11.3. The molecule has 4 heteroatoms. The van der Waals surface area contributed by atoms with E-state index in [1.54, 1.807) is 18.4 Å². The zero-order valence-electron chi connectivity index (χ0n) is 13.8. The summed E-state index contributed by atoms with van der Waals surface area (Å²) in [5.74, 6) is 0.573. The van der Waals surface area contributed by atoms with Gasteiger partial charge in [-0.1, -0.05) is 38.1 Å². The second kappa shape index (κ2) is 9.03. The quantitative estimate of drug-likeness (QED) is 0.707. The molecule has 1 N–H and O–H groups in total. The van der Waals surface area contributed by atoms with Gasteiger partial charge in [0.2, 0.25) is 0 Å². The van der Waals surface area contributed by atoms with Crippen LogP contribution in [0.15, 0.2) is 29.6 Å². The summed E-state index contributed by atoms with van der Waals surface area (Å²) in [5.41, 5.74) is 3.68. The van der Waals surface area contributed by atoms with Crippen molar-refractivity contribution in [3.05, 3.63) is 40.2 Å². The van der Waals surface area contributed by atoms with Crippen LogP contribution in [-0.4, -0.2) is 31.8 Å². The Labute approximate surface area is 137 Å². The van der Waals surface area contributed by atoms with E-state index in [1.807, 2.05) is 0 Å². The summed E-state index contributed by atoms with van der Waals surface area (Å²) in [6.07, 6.45) is 2.05. The fourth-order valence-corrected chi connectivity index (χ4v) is 3.07. The third-order valence-electron chi connectivity index (χ3n) is 3.64. The maximum absolute atomic E-state index is 5.03. The van der Waals surface area contributed by atoms with Crippen LogP contribution in [0.25, 0.3) is 11.3 Å². The predicted octanol–water partition coefficient (Wildman–Crippen LogP) is 4.10. The van der Waals surface area contributed by atoms with E-state index in [0.29, 0.717) is 5.92 Å². The van der Waals surface area contributed by atoms with Gasteiger partial charge in [0.05, 0.1) is 10.7 Å². The Morgan fingerprint density at radius 3 is 2.64 bits per heavy atom. The van der Waals surface area contributed by atoms with Crippen LogP contribution in [0.4, 0.5) is 0 Å². The van der Waals surface area contributed by atoms with Crippen molar-refractivity contribution in [2.75, 3.05) is 26.8 Å². The predicted molar refractivity (Wildman–Crippen MR) is 94.7 cm³/mol. The van der Waals surface area contributed by atoms with Gasteiger partial charge in [-0.3, -0.25) is 0 Å². The van der Waals surface area contributed by atoms with Crippen molar-refractivity contribution < 1.29 is 4.74 Å². The molecule has 3 nitrogen and oxygen atoms in total. The Morgan fingerprint density at radius 2 is 1.95 bits per heavy atom. The fourth-order valence-electron chi connectivity index (χ4n) is 2.26. The van der Waals surface area contributed by atoms with Crippen molar-refractivity contribution in [1.82, 2.24) is 10.3 Å². The molecule has 0 spiro atoms. The average Bonchev–Trinajstić information content (AvgIpc) is 3.00. The minimum absolute atomic E-state index is 0.573. The minimum Gasteiger partial charge on any atom is -0.385 e. The zero-order valence-corrected chi connectivity index (χ0v) is 14.6. The number of aromatic nitrogens is 1. The molecule has 0 aliphatic rings. The van der Waals surface area contributed by atoms with Crippen molar-refractivity contribution in [3.63, 3.8) is 0 Å². The molecule has 1 aromatic carbocycles. The van der Waals surface area contributed by atoms with E-state index in [-0.39, 0.29) is 0 Å². The number of nitrogens with zero attached hydrogens (tertiary/aromatic N) is 1. The molecule has 0 amide bonds. The highest BCUT2D eigenvalue weighted by molar-refractivity contribution is 7.09. The maximum Gasteiger partial charge on any atom is 0.0945 e. The van der Waals surface area contributed by atoms with Gasteiger partial charge < -0.3 is 10.1 Å². The Hall–Kier alpha value is -1.23. The second-order valence-electron chi connectivity index (χ2n) is 5.75. The van der Waals surface area contributed by atoms with E-state index in [1.165, 1.54) is 16.1 Å². The summed E-state index contributed by atoms with van der Waals surface area (Å²) in [7, 11) is 1.74. The molecule has 120 valence electrons. The van der Waals surface area contributed by atoms with Crippen LogP contribution < -0.4 is 5.32 Å². The molecule has 1 heterocycles. The fraction of sp³-hybridized carbons (Fsp3) is 0.500. The lowest BCUT2D eigenvalue weighted by atomic mass is 10.0. The molecule has 2 rings (SSSR count). The van der Waals surface area contributed by atoms with E-state index in [2.05, 4.69) is 48.8 Å². The van der Waals surface area contributed by atoms with Gasteiger partial charge in [0.1, 0.15) is 0 Å². The van der Waals surface area contributed by atoms with Gasteiger partial charge in [0.15, 0.2) is 0 Å². The van der Waals surface area contributed by atoms with Crippen LogP contribution in [0.2, 0.25) is 0 Å². The second-order valence-corrected chi connectivity index (χ2v) is 6.69. The molecule has 1 aromatic heterocycles. The number of benzene rings is 1. The number of methoxy groups -OCH3 is 1. The highest BCUT2D eigenvalue weighted by Crippen LogP contribution is 2.24. The van der Waals surface area contributed by atoms with E-state index < -0.39 is 0 Å². The maximum atomic E-state index is 5.03. The van der Waals surface area contributed by atoms with Crippen molar-refractivity contribution in [1.29, 1.82) is 0 Å². The van der Waals surface area contributed by atoms with Gasteiger partial charge in [0.25, 0.3) is 0 Å². The Bertz CT molecular complexity index is 548. The molecular formula is C18H26N2OS. The SMILES string of the molecule is COCCCNCCc1nc(-c2ccc(C(C)C)cc2)cs1. The van der Waals surface area contributed by atoms with Crippen LogP contribution in [0.3, 0.4) is 0 Å². The van der Waals surface area contributed by atoms with Crippen molar-refractivity contribution in [2.45, 2.75) is 32.6 Å². The topological polar surface area (TPSA) is 34.1 Å². The van der Waals surface area contributed by atoms with E-state index >= 15 is 0 Å². The first kappa shape index (κ1) is 17.1. The van der Waals surface area contributed by atoms with E-state index in [9.17, 15) is 0 Å². The number of thiazole rings is 1. The molecule has 0 aliphatic carbocycles. The Morgan fingerprint density at radius 1 is 1.18 bits per heavy atom. The van der Waals surface area contributed by atoms with Crippen molar-refractivity contribution >= 4 is 11.3 Å². The molecule has 22 heavy (non-hydrogen) atoms. The Balaban J connectivity index is 1.83. The largest absolute Gasteiger partial charge is 0.385 e. The van der Waals surface area contributed by atoms with Gasteiger partial charge >= 0.3 is 0 Å². The molecule has 0 unspecified atom stereocenters. The lowest BCUT2D eigenvalue weighted by molar-refractivity contribution is 0.194. The van der Waals surface area contributed by atoms with Crippen LogP contribution in [0.1, 0.15) is 36.8 Å². The zero-order chi connectivity index (χ0) is 15.8. The summed E-state index contributed by atoms with van der Waals surface area (Å²) in [4.78, 5) is 4.74. The van der Waals surface area contributed by atoms with Gasteiger partial charge in [-0.15, -0.1) is 11.3 Å². The number of nitrogens with one attached hydrogen (secondary N) is 1. The number of hydrogen-bond donors (Lipinski definition) is 1. The molecule has 0 saturated carbocycles. The van der Waals surface area contributed by atoms with E-state index in [4.69, 9.17) is 9.72 Å². The van der Waals surface area contributed by atoms with Crippen LogP contribution in [0.5, 0.6) is 0 Å². The third-order valence-corrected chi connectivity index (χ3v) is 4.55.